The number of hydrogen-bond acceptors (Lipinski definition) is 6. The Morgan fingerprint density at radius 1 is 0.256 bits per heavy atom. The Labute approximate surface area is 486 Å². The Balaban J connectivity index is 4.13. The molecule has 0 aliphatic heterocycles. The van der Waals surface area contributed by atoms with Gasteiger partial charge in [0.25, 0.3) is 0 Å². The van der Waals surface area contributed by atoms with Crippen LogP contribution >= 0.6 is 0 Å². The Morgan fingerprint density at radius 3 is 0.718 bits per heavy atom. The summed E-state index contributed by atoms with van der Waals surface area (Å²) in [5.74, 6) is -0.839. The predicted molar refractivity (Wildman–Crippen MR) is 339 cm³/mol. The Bertz CT molecular complexity index is 1300. The van der Waals surface area contributed by atoms with E-state index < -0.39 is 6.10 Å². The van der Waals surface area contributed by atoms with Gasteiger partial charge < -0.3 is 14.2 Å². The molecule has 0 aliphatic rings. The fraction of sp³-hybridized carbons (Fsp3) is 0.875. The molecule has 1 atom stereocenters. The molecule has 0 rings (SSSR count). The first-order valence-corrected chi connectivity index (χ1v) is 35.0. The number of unbranched alkanes of at least 4 members (excludes halogenated alkanes) is 48. The van der Waals surface area contributed by atoms with Crippen LogP contribution in [0.3, 0.4) is 0 Å². The van der Waals surface area contributed by atoms with Gasteiger partial charge in [0.05, 0.1) is 0 Å². The van der Waals surface area contributed by atoms with Gasteiger partial charge in [-0.3, -0.25) is 14.4 Å². The number of esters is 3. The van der Waals surface area contributed by atoms with Crippen LogP contribution in [0.4, 0.5) is 0 Å². The van der Waals surface area contributed by atoms with E-state index in [9.17, 15) is 14.4 Å². The molecule has 0 aromatic rings. The van der Waals surface area contributed by atoms with E-state index in [4.69, 9.17) is 14.2 Å². The topological polar surface area (TPSA) is 78.9 Å². The van der Waals surface area contributed by atoms with Crippen molar-refractivity contribution in [2.75, 3.05) is 13.2 Å². The van der Waals surface area contributed by atoms with Crippen molar-refractivity contribution in [1.82, 2.24) is 0 Å². The van der Waals surface area contributed by atoms with Gasteiger partial charge in [-0.05, 0) is 57.8 Å². The van der Waals surface area contributed by atoms with E-state index in [2.05, 4.69) is 57.2 Å². The highest BCUT2D eigenvalue weighted by molar-refractivity contribution is 5.71. The van der Waals surface area contributed by atoms with E-state index >= 15 is 0 Å². The third kappa shape index (κ3) is 64.5. The first-order valence-electron chi connectivity index (χ1n) is 35.0. The maximum atomic E-state index is 12.9. The lowest BCUT2D eigenvalue weighted by Gasteiger charge is -2.18. The third-order valence-electron chi connectivity index (χ3n) is 15.9. The minimum absolute atomic E-state index is 0.0657. The number of hydrogen-bond donors (Lipinski definition) is 0. The van der Waals surface area contributed by atoms with Crippen molar-refractivity contribution in [3.63, 3.8) is 0 Å². The average molecular weight is 1100 g/mol. The van der Waals surface area contributed by atoms with Gasteiger partial charge in [0.15, 0.2) is 6.10 Å². The molecular weight excluding hydrogens is 961 g/mol. The predicted octanol–water partition coefficient (Wildman–Crippen LogP) is 23.9. The second-order valence-electron chi connectivity index (χ2n) is 23.8. The molecule has 0 bridgehead atoms. The van der Waals surface area contributed by atoms with Gasteiger partial charge in [0.1, 0.15) is 13.2 Å². The third-order valence-corrected chi connectivity index (χ3v) is 15.9. The first kappa shape index (κ1) is 75.6. The average Bonchev–Trinajstić information content (AvgIpc) is 3.44. The Hall–Kier alpha value is -2.37. The molecule has 0 heterocycles. The van der Waals surface area contributed by atoms with E-state index in [1.807, 2.05) is 0 Å². The summed E-state index contributed by atoms with van der Waals surface area (Å²) in [5.41, 5.74) is 0. The fourth-order valence-electron chi connectivity index (χ4n) is 10.6. The summed E-state index contributed by atoms with van der Waals surface area (Å²) in [6.45, 7) is 6.69. The standard InChI is InChI=1S/C72H134O6/c1-4-7-10-13-16-19-22-24-26-28-30-32-33-34-35-36-37-38-39-41-42-44-46-48-50-53-56-59-62-65-71(74)77-68-69(67-76-70(73)64-61-58-55-52-21-18-15-12-9-6-3)78-72(75)66-63-60-57-54-51-49-47-45-43-40-31-29-27-25-23-20-17-14-11-8-5-2/h22,24,28,30,33-34,69H,4-21,23,25-27,29,31-32,35-68H2,1-3H3/b24-22-,30-28-,34-33-. The highest BCUT2D eigenvalue weighted by atomic mass is 16.6. The van der Waals surface area contributed by atoms with E-state index in [0.717, 1.165) is 70.6 Å². The molecule has 0 radical (unpaired) electrons. The lowest BCUT2D eigenvalue weighted by Crippen LogP contribution is -2.30. The van der Waals surface area contributed by atoms with E-state index in [0.29, 0.717) is 19.3 Å². The first-order chi connectivity index (χ1) is 38.5. The smallest absolute Gasteiger partial charge is 0.306 e. The van der Waals surface area contributed by atoms with Crippen LogP contribution in [0.1, 0.15) is 387 Å². The molecule has 6 nitrogen and oxygen atoms in total. The van der Waals surface area contributed by atoms with Crippen LogP contribution in [0.2, 0.25) is 0 Å². The minimum Gasteiger partial charge on any atom is -0.462 e. The van der Waals surface area contributed by atoms with Crippen LogP contribution in [0.25, 0.3) is 0 Å². The van der Waals surface area contributed by atoms with Crippen molar-refractivity contribution in [3.8, 4) is 0 Å². The quantitative estimate of drug-likeness (QED) is 0.0261. The number of carbonyl (C=O) groups is 3. The summed E-state index contributed by atoms with van der Waals surface area (Å²) in [5, 5.41) is 0. The largest absolute Gasteiger partial charge is 0.462 e. The van der Waals surface area contributed by atoms with Gasteiger partial charge >= 0.3 is 17.9 Å². The molecular formula is C72H134O6. The normalized spacial score (nSPS) is 12.2. The number of ether oxygens (including phenoxy) is 3. The molecule has 78 heavy (non-hydrogen) atoms. The van der Waals surface area contributed by atoms with Crippen molar-refractivity contribution >= 4 is 17.9 Å². The monoisotopic (exact) mass is 1100 g/mol. The minimum atomic E-state index is -0.768. The summed E-state index contributed by atoms with van der Waals surface area (Å²) >= 11 is 0. The van der Waals surface area contributed by atoms with Crippen molar-refractivity contribution in [2.45, 2.75) is 393 Å². The molecule has 0 aromatic carbocycles. The lowest BCUT2D eigenvalue weighted by molar-refractivity contribution is -0.167. The Kier molecular flexibility index (Phi) is 65.1. The zero-order chi connectivity index (χ0) is 56.4. The summed E-state index contributed by atoms with van der Waals surface area (Å²) in [7, 11) is 0. The molecule has 0 fully saturated rings. The van der Waals surface area contributed by atoms with Crippen LogP contribution in [0.15, 0.2) is 36.5 Å². The van der Waals surface area contributed by atoms with E-state index in [1.54, 1.807) is 0 Å². The van der Waals surface area contributed by atoms with Crippen LogP contribution in [-0.4, -0.2) is 37.2 Å². The zero-order valence-electron chi connectivity index (χ0n) is 52.7. The fourth-order valence-corrected chi connectivity index (χ4v) is 10.6. The highest BCUT2D eigenvalue weighted by Crippen LogP contribution is 2.18. The Morgan fingerprint density at radius 2 is 0.462 bits per heavy atom. The summed E-state index contributed by atoms with van der Waals surface area (Å²) < 4.78 is 17.0. The van der Waals surface area contributed by atoms with E-state index in [-0.39, 0.29) is 31.1 Å². The maximum absolute atomic E-state index is 12.9. The molecule has 458 valence electrons. The maximum Gasteiger partial charge on any atom is 0.306 e. The van der Waals surface area contributed by atoms with Crippen molar-refractivity contribution in [1.29, 1.82) is 0 Å². The molecule has 0 saturated carbocycles. The van der Waals surface area contributed by atoms with Crippen molar-refractivity contribution in [2.24, 2.45) is 0 Å². The molecule has 0 aliphatic carbocycles. The molecule has 0 saturated heterocycles. The van der Waals surface area contributed by atoms with Gasteiger partial charge in [-0.1, -0.05) is 346 Å². The van der Waals surface area contributed by atoms with Gasteiger partial charge in [0, 0.05) is 19.3 Å². The summed E-state index contributed by atoms with van der Waals surface area (Å²) in [6.07, 6.45) is 83.2. The van der Waals surface area contributed by atoms with Crippen molar-refractivity contribution < 1.29 is 28.6 Å². The van der Waals surface area contributed by atoms with E-state index in [1.165, 1.54) is 276 Å². The highest BCUT2D eigenvalue weighted by Gasteiger charge is 2.19. The van der Waals surface area contributed by atoms with Gasteiger partial charge in [-0.15, -0.1) is 0 Å². The van der Waals surface area contributed by atoms with Crippen LogP contribution in [0.5, 0.6) is 0 Å². The zero-order valence-corrected chi connectivity index (χ0v) is 52.7. The molecule has 6 heteroatoms. The molecule has 0 aromatic heterocycles. The molecule has 0 N–H and O–H groups in total. The van der Waals surface area contributed by atoms with Crippen LogP contribution < -0.4 is 0 Å². The van der Waals surface area contributed by atoms with Crippen molar-refractivity contribution in [3.05, 3.63) is 36.5 Å². The van der Waals surface area contributed by atoms with Crippen LogP contribution in [-0.2, 0) is 28.6 Å². The summed E-state index contributed by atoms with van der Waals surface area (Å²) in [6, 6.07) is 0. The van der Waals surface area contributed by atoms with Crippen LogP contribution in [0, 0.1) is 0 Å². The SMILES string of the molecule is CCCCCCC/C=C\C/C=C\C/C=C\CCCCCCCCCCCCCCCCC(=O)OCC(COC(=O)CCCCCCCCCCCC)OC(=O)CCCCCCCCCCCCCCCCCCCCCCC. The lowest BCUT2D eigenvalue weighted by atomic mass is 10.0. The number of carbonyl (C=O) groups excluding carboxylic acids is 3. The number of rotatable bonds is 65. The van der Waals surface area contributed by atoms with Gasteiger partial charge in [-0.2, -0.15) is 0 Å². The molecule has 0 amide bonds. The molecule has 0 spiro atoms. The van der Waals surface area contributed by atoms with Gasteiger partial charge in [-0.25, -0.2) is 0 Å². The number of allylic oxidation sites excluding steroid dienone is 6. The second-order valence-corrected chi connectivity index (χ2v) is 23.8. The second kappa shape index (κ2) is 67.1. The van der Waals surface area contributed by atoms with Gasteiger partial charge in [0.2, 0.25) is 0 Å². The summed E-state index contributed by atoms with van der Waals surface area (Å²) in [4.78, 5) is 38.3. The molecule has 1 unspecified atom stereocenters.